The van der Waals surface area contributed by atoms with E-state index < -0.39 is 10.0 Å². The highest BCUT2D eigenvalue weighted by molar-refractivity contribution is 7.89. The van der Waals surface area contributed by atoms with E-state index in [1.54, 1.807) is 24.3 Å². The Morgan fingerprint density at radius 3 is 2.32 bits per heavy atom. The molecule has 0 spiro atoms. The Bertz CT molecular complexity index is 1330. The van der Waals surface area contributed by atoms with Gasteiger partial charge in [0.1, 0.15) is 5.52 Å². The SMILES string of the molecule is CN(C)S(=O)(=O)c1ccc(NC(=O)c2ccc(Cn3nnc4ccccc43)cc2)cc1. The van der Waals surface area contributed by atoms with Crippen LogP contribution in [0.1, 0.15) is 15.9 Å². The highest BCUT2D eigenvalue weighted by Gasteiger charge is 2.17. The maximum atomic E-state index is 12.5. The molecule has 3 aromatic carbocycles. The number of aromatic nitrogens is 3. The van der Waals surface area contributed by atoms with E-state index in [1.165, 1.54) is 26.2 Å². The zero-order chi connectivity index (χ0) is 22.0. The van der Waals surface area contributed by atoms with Gasteiger partial charge in [-0.05, 0) is 54.1 Å². The molecule has 4 aromatic rings. The Hall–Kier alpha value is -3.56. The van der Waals surface area contributed by atoms with E-state index in [9.17, 15) is 13.2 Å². The molecule has 0 fully saturated rings. The van der Waals surface area contributed by atoms with E-state index in [1.807, 2.05) is 41.1 Å². The van der Waals surface area contributed by atoms with Gasteiger partial charge in [-0.15, -0.1) is 5.10 Å². The van der Waals surface area contributed by atoms with Crippen LogP contribution >= 0.6 is 0 Å². The van der Waals surface area contributed by atoms with Crippen LogP contribution in [0.15, 0.2) is 77.7 Å². The van der Waals surface area contributed by atoms with Crippen molar-refractivity contribution in [1.29, 1.82) is 0 Å². The summed E-state index contributed by atoms with van der Waals surface area (Å²) >= 11 is 0. The number of hydrogen-bond acceptors (Lipinski definition) is 5. The van der Waals surface area contributed by atoms with Gasteiger partial charge in [-0.3, -0.25) is 4.79 Å². The number of rotatable bonds is 6. The summed E-state index contributed by atoms with van der Waals surface area (Å²) in [6.45, 7) is 0.546. The average molecular weight is 436 g/mol. The predicted molar refractivity (Wildman–Crippen MR) is 118 cm³/mol. The summed E-state index contributed by atoms with van der Waals surface area (Å²) in [7, 11) is -0.561. The van der Waals surface area contributed by atoms with Crippen LogP contribution in [0.3, 0.4) is 0 Å². The molecule has 0 aliphatic carbocycles. The molecule has 0 unspecified atom stereocenters. The number of para-hydroxylation sites is 1. The van der Waals surface area contributed by atoms with Crippen molar-refractivity contribution < 1.29 is 13.2 Å². The molecule has 158 valence electrons. The van der Waals surface area contributed by atoms with E-state index in [0.29, 0.717) is 17.8 Å². The number of hydrogen-bond donors (Lipinski definition) is 1. The molecular formula is C22H21N5O3S. The molecule has 1 aromatic heterocycles. The molecule has 8 nitrogen and oxygen atoms in total. The molecular weight excluding hydrogens is 414 g/mol. The minimum atomic E-state index is -3.51. The fraction of sp³-hybridized carbons (Fsp3) is 0.136. The van der Waals surface area contributed by atoms with Crippen molar-refractivity contribution >= 4 is 32.7 Å². The highest BCUT2D eigenvalue weighted by atomic mass is 32.2. The first kappa shape index (κ1) is 20.7. The lowest BCUT2D eigenvalue weighted by Gasteiger charge is -2.12. The fourth-order valence-electron chi connectivity index (χ4n) is 3.09. The number of nitrogens with zero attached hydrogens (tertiary/aromatic N) is 4. The highest BCUT2D eigenvalue weighted by Crippen LogP contribution is 2.18. The van der Waals surface area contributed by atoms with E-state index >= 15 is 0 Å². The number of benzene rings is 3. The van der Waals surface area contributed by atoms with Crippen LogP contribution in [-0.2, 0) is 16.6 Å². The standard InChI is InChI=1S/C22H21N5O3S/c1-26(2)31(29,30)19-13-11-18(12-14-19)23-22(28)17-9-7-16(8-10-17)15-27-21-6-4-3-5-20(21)24-25-27/h3-14H,15H2,1-2H3,(H,23,28). The molecule has 9 heteroatoms. The molecule has 0 atom stereocenters. The van der Waals surface area contributed by atoms with Crippen LogP contribution in [0.25, 0.3) is 11.0 Å². The zero-order valence-electron chi connectivity index (χ0n) is 17.1. The molecule has 0 aliphatic heterocycles. The smallest absolute Gasteiger partial charge is 0.255 e. The van der Waals surface area contributed by atoms with Crippen LogP contribution in [-0.4, -0.2) is 47.7 Å². The Labute approximate surface area is 180 Å². The van der Waals surface area contributed by atoms with Crippen molar-refractivity contribution in [3.8, 4) is 0 Å². The van der Waals surface area contributed by atoms with Crippen LogP contribution in [0.4, 0.5) is 5.69 Å². The maximum absolute atomic E-state index is 12.5. The Morgan fingerprint density at radius 1 is 0.968 bits per heavy atom. The van der Waals surface area contributed by atoms with Gasteiger partial charge >= 0.3 is 0 Å². The number of nitrogens with one attached hydrogen (secondary N) is 1. The minimum absolute atomic E-state index is 0.167. The van der Waals surface area contributed by atoms with Gasteiger partial charge in [-0.1, -0.05) is 29.5 Å². The molecule has 0 saturated heterocycles. The lowest BCUT2D eigenvalue weighted by molar-refractivity contribution is 0.102. The van der Waals surface area contributed by atoms with E-state index in [0.717, 1.165) is 20.9 Å². The first-order valence-corrected chi connectivity index (χ1v) is 11.0. The first-order valence-electron chi connectivity index (χ1n) is 9.56. The number of fused-ring (bicyclic) bond motifs is 1. The molecule has 0 bridgehead atoms. The molecule has 1 heterocycles. The number of sulfonamides is 1. The number of amides is 1. The van der Waals surface area contributed by atoms with Gasteiger partial charge in [0.05, 0.1) is 17.0 Å². The van der Waals surface area contributed by atoms with Crippen LogP contribution in [0.2, 0.25) is 0 Å². The van der Waals surface area contributed by atoms with Crippen LogP contribution in [0, 0.1) is 0 Å². The van der Waals surface area contributed by atoms with Crippen molar-refractivity contribution in [2.24, 2.45) is 0 Å². The van der Waals surface area contributed by atoms with Gasteiger partial charge in [-0.25, -0.2) is 17.4 Å². The summed E-state index contributed by atoms with van der Waals surface area (Å²) in [5, 5.41) is 11.1. The number of carbonyl (C=O) groups is 1. The van der Waals surface area contributed by atoms with Gasteiger partial charge in [0, 0.05) is 25.3 Å². The summed E-state index contributed by atoms with van der Waals surface area (Å²) in [5.74, 6) is -0.277. The van der Waals surface area contributed by atoms with Crippen LogP contribution in [0.5, 0.6) is 0 Å². The minimum Gasteiger partial charge on any atom is -0.322 e. The first-order chi connectivity index (χ1) is 14.8. The van der Waals surface area contributed by atoms with Crippen molar-refractivity contribution in [3.63, 3.8) is 0 Å². The van der Waals surface area contributed by atoms with Gasteiger partial charge < -0.3 is 5.32 Å². The third-order valence-electron chi connectivity index (χ3n) is 4.86. The quantitative estimate of drug-likeness (QED) is 0.502. The normalized spacial score (nSPS) is 11.7. The van der Waals surface area contributed by atoms with Crippen molar-refractivity contribution in [1.82, 2.24) is 19.3 Å². The van der Waals surface area contributed by atoms with E-state index in [-0.39, 0.29) is 10.8 Å². The van der Waals surface area contributed by atoms with Crippen molar-refractivity contribution in [2.75, 3.05) is 19.4 Å². The van der Waals surface area contributed by atoms with Gasteiger partial charge in [0.2, 0.25) is 10.0 Å². The molecule has 31 heavy (non-hydrogen) atoms. The van der Waals surface area contributed by atoms with E-state index in [4.69, 9.17) is 0 Å². The molecule has 1 amide bonds. The summed E-state index contributed by atoms with van der Waals surface area (Å²) in [5.41, 5.74) is 3.79. The molecule has 0 aliphatic rings. The number of carbonyl (C=O) groups excluding carboxylic acids is 1. The second-order valence-corrected chi connectivity index (χ2v) is 9.35. The molecule has 0 saturated carbocycles. The number of anilines is 1. The van der Waals surface area contributed by atoms with Crippen molar-refractivity contribution in [2.45, 2.75) is 11.4 Å². The summed E-state index contributed by atoms with van der Waals surface area (Å²) in [6, 6.07) is 21.0. The van der Waals surface area contributed by atoms with Gasteiger partial charge in [0.25, 0.3) is 5.91 Å². The summed E-state index contributed by atoms with van der Waals surface area (Å²) in [6.07, 6.45) is 0. The lowest BCUT2D eigenvalue weighted by Crippen LogP contribution is -2.22. The Morgan fingerprint density at radius 2 is 1.65 bits per heavy atom. The summed E-state index contributed by atoms with van der Waals surface area (Å²) < 4.78 is 27.2. The lowest BCUT2D eigenvalue weighted by atomic mass is 10.1. The van der Waals surface area contributed by atoms with Crippen molar-refractivity contribution in [3.05, 3.63) is 83.9 Å². The monoisotopic (exact) mass is 435 g/mol. The zero-order valence-corrected chi connectivity index (χ0v) is 17.9. The largest absolute Gasteiger partial charge is 0.322 e. The molecule has 1 N–H and O–H groups in total. The van der Waals surface area contributed by atoms with E-state index in [2.05, 4.69) is 15.6 Å². The molecule has 4 rings (SSSR count). The predicted octanol–water partition coefficient (Wildman–Crippen LogP) is 2.98. The van der Waals surface area contributed by atoms with Gasteiger partial charge in [-0.2, -0.15) is 0 Å². The van der Waals surface area contributed by atoms with Crippen LogP contribution < -0.4 is 5.32 Å². The molecule has 0 radical (unpaired) electrons. The van der Waals surface area contributed by atoms with Gasteiger partial charge in [0.15, 0.2) is 0 Å². The average Bonchev–Trinajstić information content (AvgIpc) is 3.17. The third-order valence-corrected chi connectivity index (χ3v) is 6.69. The maximum Gasteiger partial charge on any atom is 0.255 e. The summed E-state index contributed by atoms with van der Waals surface area (Å²) in [4.78, 5) is 12.7. The fourth-order valence-corrected chi connectivity index (χ4v) is 3.99. The Kier molecular flexibility index (Phi) is 5.53. The Balaban J connectivity index is 1.44. The third kappa shape index (κ3) is 4.32. The second-order valence-electron chi connectivity index (χ2n) is 7.20. The topological polar surface area (TPSA) is 97.2 Å². The second kappa shape index (κ2) is 8.29.